The Kier molecular flexibility index (Phi) is 8.10. The summed E-state index contributed by atoms with van der Waals surface area (Å²) in [6.45, 7) is 4.83. The number of fused-ring (bicyclic) bond motifs is 1. The highest BCUT2D eigenvalue weighted by atomic mass is 32.2. The molecule has 40 heavy (non-hydrogen) atoms. The highest BCUT2D eigenvalue weighted by molar-refractivity contribution is 8.01. The van der Waals surface area contributed by atoms with Crippen LogP contribution >= 0.6 is 11.8 Å². The molecule has 0 spiro atoms. The van der Waals surface area contributed by atoms with Crippen LogP contribution in [0.15, 0.2) is 66.7 Å². The van der Waals surface area contributed by atoms with E-state index in [1.165, 1.54) is 23.6 Å². The Morgan fingerprint density at radius 2 is 1.60 bits per heavy atom. The largest absolute Gasteiger partial charge is 0.480 e. The minimum absolute atomic E-state index is 0.236. The van der Waals surface area contributed by atoms with E-state index in [-0.39, 0.29) is 5.78 Å². The summed E-state index contributed by atoms with van der Waals surface area (Å²) in [5.41, 5.74) is 1.05. The summed E-state index contributed by atoms with van der Waals surface area (Å²) in [7, 11) is 0. The van der Waals surface area contributed by atoms with Crippen molar-refractivity contribution in [2.75, 3.05) is 5.32 Å². The lowest BCUT2D eigenvalue weighted by molar-refractivity contribution is -0.161. The number of anilines is 1. The van der Waals surface area contributed by atoms with Crippen molar-refractivity contribution in [3.63, 3.8) is 0 Å². The Labute approximate surface area is 234 Å². The molecule has 2 heterocycles. The van der Waals surface area contributed by atoms with E-state index in [0.29, 0.717) is 16.8 Å². The molecule has 12 heteroatoms. The van der Waals surface area contributed by atoms with Gasteiger partial charge < -0.3 is 26.0 Å². The maximum atomic E-state index is 13.3. The first-order valence-electron chi connectivity index (χ1n) is 12.4. The van der Waals surface area contributed by atoms with Gasteiger partial charge in [-0.1, -0.05) is 42.5 Å². The van der Waals surface area contributed by atoms with E-state index in [4.69, 9.17) is 0 Å². The Morgan fingerprint density at radius 1 is 0.975 bits per heavy atom. The molecule has 2 aromatic carbocycles. The molecular weight excluding hydrogens is 536 g/mol. The second-order valence-electron chi connectivity index (χ2n) is 9.86. The number of carbonyl (C=O) groups excluding carboxylic acids is 5. The van der Waals surface area contributed by atoms with Gasteiger partial charge >= 0.3 is 5.97 Å². The molecule has 2 fully saturated rings. The molecule has 1 unspecified atom stereocenters. The molecule has 0 saturated carbocycles. The van der Waals surface area contributed by atoms with Crippen LogP contribution in [0.5, 0.6) is 0 Å². The van der Waals surface area contributed by atoms with E-state index < -0.39 is 57.8 Å². The zero-order valence-corrected chi connectivity index (χ0v) is 22.7. The lowest BCUT2D eigenvalue weighted by Crippen LogP contribution is -2.71. The van der Waals surface area contributed by atoms with E-state index in [2.05, 4.69) is 16.0 Å². The van der Waals surface area contributed by atoms with Crippen molar-refractivity contribution in [1.29, 1.82) is 0 Å². The van der Waals surface area contributed by atoms with Crippen LogP contribution in [0.1, 0.15) is 42.7 Å². The number of nitrogens with one attached hydrogen (secondary N) is 3. The van der Waals surface area contributed by atoms with E-state index in [9.17, 15) is 33.9 Å². The molecule has 2 saturated heterocycles. The third-order valence-corrected chi connectivity index (χ3v) is 8.18. The number of rotatable bonds is 9. The number of benzene rings is 2. The van der Waals surface area contributed by atoms with E-state index in [0.717, 1.165) is 12.2 Å². The lowest BCUT2D eigenvalue weighted by Gasteiger charge is -2.44. The number of nitrogens with zero attached hydrogens (tertiary/aromatic N) is 1. The Bertz CT molecular complexity index is 1410. The third-order valence-electron chi connectivity index (χ3n) is 6.60. The molecule has 4 atom stereocenters. The number of ketones is 1. The lowest BCUT2D eigenvalue weighted by atomic mass is 9.95. The van der Waals surface area contributed by atoms with Crippen LogP contribution in [0.25, 0.3) is 0 Å². The first kappa shape index (κ1) is 28.6. The smallest absolute Gasteiger partial charge is 0.327 e. The van der Waals surface area contributed by atoms with Crippen molar-refractivity contribution in [3.05, 3.63) is 77.9 Å². The number of hydrogen-bond donors (Lipinski definition) is 4. The van der Waals surface area contributed by atoms with Crippen molar-refractivity contribution < 1.29 is 33.9 Å². The molecule has 2 aliphatic rings. The van der Waals surface area contributed by atoms with Crippen LogP contribution < -0.4 is 16.0 Å². The van der Waals surface area contributed by atoms with E-state index in [1.807, 2.05) is 0 Å². The molecule has 208 valence electrons. The summed E-state index contributed by atoms with van der Waals surface area (Å²) in [6.07, 6.45) is 1.93. The molecule has 2 aromatic rings. The van der Waals surface area contributed by atoms with Crippen LogP contribution in [-0.4, -0.2) is 67.6 Å². The number of Topliss-reactive ketones (excluding diaryl/α,β-unsaturated/α-hetero) is 1. The number of carboxylic acid groups (broad SMARTS) is 1. The minimum Gasteiger partial charge on any atom is -0.480 e. The summed E-state index contributed by atoms with van der Waals surface area (Å²) in [4.78, 5) is 76.1. The van der Waals surface area contributed by atoms with Gasteiger partial charge in [0.1, 0.15) is 23.5 Å². The quantitative estimate of drug-likeness (QED) is 0.204. The molecule has 4 N–H and O–H groups in total. The van der Waals surface area contributed by atoms with Gasteiger partial charge in [0.2, 0.25) is 23.6 Å². The second kappa shape index (κ2) is 11.3. The van der Waals surface area contributed by atoms with Gasteiger partial charge in [0.25, 0.3) is 0 Å². The average Bonchev–Trinajstić information content (AvgIpc) is 3.17. The van der Waals surface area contributed by atoms with Gasteiger partial charge in [0.05, 0.1) is 5.69 Å². The predicted octanol–water partition coefficient (Wildman–Crippen LogP) is 1.87. The number of aliphatic carboxylic acids is 1. The van der Waals surface area contributed by atoms with Gasteiger partial charge in [0, 0.05) is 22.5 Å². The molecule has 2 aliphatic heterocycles. The highest BCUT2D eigenvalue weighted by Crippen LogP contribution is 2.50. The standard InChI is InChI=1S/C28H28N4O7S/c1-15(33)17-11-7-8-12-18(17)29-19(34)13-14-20(35)30-21(16-9-5-4-6-10-16)24(36)31-22-25(37)32-23(27(38)39)28(2,3)40-26(22)32/h4-14,21-23,26H,1-3H3,(H,29,34)(H,30,35)(H,31,36)(H,38,39)/b14-13+/t21?,22-,23+,26-/m1/s1. The number of thioether (sulfide) groups is 1. The van der Waals surface area contributed by atoms with E-state index in [1.54, 1.807) is 68.4 Å². The number of para-hydroxylation sites is 1. The topological polar surface area (TPSA) is 162 Å². The van der Waals surface area contributed by atoms with Crippen LogP contribution in [0.4, 0.5) is 5.69 Å². The van der Waals surface area contributed by atoms with Crippen LogP contribution in [-0.2, 0) is 24.0 Å². The summed E-state index contributed by atoms with van der Waals surface area (Å²) >= 11 is 1.29. The molecule has 4 amide bonds. The zero-order valence-electron chi connectivity index (χ0n) is 21.9. The SMILES string of the molecule is CC(=O)c1ccccc1NC(=O)/C=C/C(=O)NC(C(=O)N[C@@H]1C(=O)N2[C@@H]1SC(C)(C)[C@@H]2C(=O)O)c1ccccc1. The van der Waals surface area contributed by atoms with Gasteiger partial charge in [-0.2, -0.15) is 0 Å². The fraction of sp³-hybridized carbons (Fsp3) is 0.286. The van der Waals surface area contributed by atoms with E-state index >= 15 is 0 Å². The summed E-state index contributed by atoms with van der Waals surface area (Å²) in [6, 6.07) is 11.6. The summed E-state index contributed by atoms with van der Waals surface area (Å²) < 4.78 is -0.755. The number of carbonyl (C=O) groups is 6. The molecule has 11 nitrogen and oxygen atoms in total. The van der Waals surface area contributed by atoms with Gasteiger partial charge in [-0.25, -0.2) is 4.79 Å². The molecule has 0 radical (unpaired) electrons. The molecule has 0 aliphatic carbocycles. The minimum atomic E-state index is -1.20. The van der Waals surface area contributed by atoms with Gasteiger partial charge in [-0.15, -0.1) is 11.8 Å². The summed E-state index contributed by atoms with van der Waals surface area (Å²) in [5.74, 6) is -3.93. The predicted molar refractivity (Wildman–Crippen MR) is 147 cm³/mol. The maximum absolute atomic E-state index is 13.3. The number of amides is 4. The normalized spacial score (nSPS) is 21.6. The van der Waals surface area contributed by atoms with Crippen LogP contribution in [0.2, 0.25) is 0 Å². The maximum Gasteiger partial charge on any atom is 0.327 e. The van der Waals surface area contributed by atoms with Crippen LogP contribution in [0, 0.1) is 0 Å². The highest BCUT2D eigenvalue weighted by Gasteiger charge is 2.64. The first-order valence-corrected chi connectivity index (χ1v) is 13.3. The molecular formula is C28H28N4O7S. The van der Waals surface area contributed by atoms with Crippen molar-refractivity contribution >= 4 is 52.8 Å². The fourth-order valence-electron chi connectivity index (χ4n) is 4.74. The zero-order chi connectivity index (χ0) is 29.2. The molecule has 4 rings (SSSR count). The van der Waals surface area contributed by atoms with Crippen LogP contribution in [0.3, 0.4) is 0 Å². The fourth-order valence-corrected chi connectivity index (χ4v) is 6.37. The first-order chi connectivity index (χ1) is 18.9. The van der Waals surface area contributed by atoms with Crippen molar-refractivity contribution in [2.24, 2.45) is 0 Å². The van der Waals surface area contributed by atoms with Gasteiger partial charge in [0.15, 0.2) is 5.78 Å². The number of carboxylic acids is 1. The Balaban J connectivity index is 1.44. The Hall–Kier alpha value is -4.45. The van der Waals surface area contributed by atoms with Crippen molar-refractivity contribution in [3.8, 4) is 0 Å². The monoisotopic (exact) mass is 564 g/mol. The molecule has 0 aromatic heterocycles. The third kappa shape index (κ3) is 5.76. The summed E-state index contributed by atoms with van der Waals surface area (Å²) in [5, 5.41) is 16.8. The Morgan fingerprint density at radius 3 is 2.25 bits per heavy atom. The van der Waals surface area contributed by atoms with Gasteiger partial charge in [-0.05, 0) is 38.5 Å². The van der Waals surface area contributed by atoms with Gasteiger partial charge in [-0.3, -0.25) is 24.0 Å². The van der Waals surface area contributed by atoms with Crippen molar-refractivity contribution in [1.82, 2.24) is 15.5 Å². The number of β-lactam (4-membered cyclic amide) rings is 1. The second-order valence-corrected chi connectivity index (χ2v) is 11.6. The average molecular weight is 565 g/mol. The van der Waals surface area contributed by atoms with Crippen molar-refractivity contribution in [2.45, 2.75) is 49.0 Å². The molecule has 0 bridgehead atoms. The number of hydrogen-bond acceptors (Lipinski definition) is 7.